The number of morpholine rings is 1. The van der Waals surface area contributed by atoms with Crippen LogP contribution in [0.4, 0.5) is 4.39 Å². The fraction of sp³-hybridized carbons (Fsp3) is 0.368. The number of rotatable bonds is 3. The number of hydrogen-bond donors (Lipinski definition) is 0. The van der Waals surface area contributed by atoms with Crippen LogP contribution in [0.1, 0.15) is 12.0 Å². The molecule has 3 aliphatic heterocycles. The van der Waals surface area contributed by atoms with Crippen LogP contribution in [0.15, 0.2) is 47.7 Å². The third-order valence-corrected chi connectivity index (χ3v) is 4.86. The summed E-state index contributed by atoms with van der Waals surface area (Å²) in [5, 5.41) is 0. The molecular formula is C19H20FN3O2. The van der Waals surface area contributed by atoms with E-state index in [0.29, 0.717) is 44.8 Å². The highest BCUT2D eigenvalue weighted by atomic mass is 19.1. The molecule has 1 aromatic carbocycles. The molecule has 1 aromatic rings. The Morgan fingerprint density at radius 2 is 2.08 bits per heavy atom. The first-order valence-electron chi connectivity index (χ1n) is 8.53. The molecule has 3 heterocycles. The van der Waals surface area contributed by atoms with Crippen molar-refractivity contribution in [3.8, 4) is 0 Å². The maximum Gasteiger partial charge on any atom is 0.242 e. The second-order valence-electron chi connectivity index (χ2n) is 6.39. The van der Waals surface area contributed by atoms with Gasteiger partial charge in [-0.05, 0) is 17.7 Å². The first kappa shape index (κ1) is 16.0. The van der Waals surface area contributed by atoms with E-state index in [9.17, 15) is 9.18 Å². The number of halogens is 1. The smallest absolute Gasteiger partial charge is 0.242 e. The highest BCUT2D eigenvalue weighted by Crippen LogP contribution is 2.31. The fourth-order valence-electron chi connectivity index (χ4n) is 3.45. The molecule has 1 unspecified atom stereocenters. The van der Waals surface area contributed by atoms with Gasteiger partial charge in [-0.2, -0.15) is 0 Å². The monoisotopic (exact) mass is 341 g/mol. The molecule has 1 fully saturated rings. The lowest BCUT2D eigenvalue weighted by atomic mass is 9.94. The lowest BCUT2D eigenvalue weighted by Crippen LogP contribution is -2.47. The molecule has 25 heavy (non-hydrogen) atoms. The molecule has 6 heteroatoms. The molecular weight excluding hydrogens is 321 g/mol. The van der Waals surface area contributed by atoms with Crippen molar-refractivity contribution < 1.29 is 13.9 Å². The quantitative estimate of drug-likeness (QED) is 0.845. The van der Waals surface area contributed by atoms with Crippen molar-refractivity contribution in [3.05, 3.63) is 54.1 Å². The Labute approximate surface area is 146 Å². The topological polar surface area (TPSA) is 45.1 Å². The normalized spacial score (nSPS) is 22.5. The number of benzene rings is 1. The van der Waals surface area contributed by atoms with Gasteiger partial charge in [0.25, 0.3) is 0 Å². The van der Waals surface area contributed by atoms with Crippen LogP contribution >= 0.6 is 0 Å². The Balaban J connectivity index is 1.47. The van der Waals surface area contributed by atoms with Crippen LogP contribution in [0.3, 0.4) is 0 Å². The van der Waals surface area contributed by atoms with Crippen LogP contribution in [0, 0.1) is 5.82 Å². The van der Waals surface area contributed by atoms with Gasteiger partial charge in [0.2, 0.25) is 5.91 Å². The van der Waals surface area contributed by atoms with Crippen molar-refractivity contribution in [3.63, 3.8) is 0 Å². The molecule has 130 valence electrons. The van der Waals surface area contributed by atoms with Crippen LogP contribution < -0.4 is 0 Å². The molecule has 3 aliphatic rings. The lowest BCUT2D eigenvalue weighted by Gasteiger charge is -2.32. The molecule has 0 aliphatic carbocycles. The first-order valence-corrected chi connectivity index (χ1v) is 8.53. The Bertz CT molecular complexity index is 766. The van der Waals surface area contributed by atoms with Gasteiger partial charge in [0.05, 0.1) is 31.5 Å². The van der Waals surface area contributed by atoms with E-state index in [0.717, 1.165) is 11.3 Å². The van der Waals surface area contributed by atoms with E-state index in [4.69, 9.17) is 4.74 Å². The molecule has 1 amide bonds. The van der Waals surface area contributed by atoms with Gasteiger partial charge in [-0.1, -0.05) is 18.2 Å². The second-order valence-corrected chi connectivity index (χ2v) is 6.39. The summed E-state index contributed by atoms with van der Waals surface area (Å²) in [6.45, 7) is 2.78. The Hall–Kier alpha value is -2.47. The molecule has 4 rings (SSSR count). The highest BCUT2D eigenvalue weighted by molar-refractivity contribution is 6.04. The lowest BCUT2D eigenvalue weighted by molar-refractivity contribution is -0.136. The maximum atomic E-state index is 14.1. The molecule has 1 saturated heterocycles. The van der Waals surface area contributed by atoms with Crippen molar-refractivity contribution >= 4 is 17.2 Å². The summed E-state index contributed by atoms with van der Waals surface area (Å²) < 4.78 is 19.4. The van der Waals surface area contributed by atoms with E-state index in [1.807, 2.05) is 28.1 Å². The number of carbonyl (C=O) groups excluding carboxylic acids is 1. The summed E-state index contributed by atoms with van der Waals surface area (Å²) in [5.41, 5.74) is 2.37. The molecule has 0 spiro atoms. The number of amides is 1. The standard InChI is InChI=1S/C19H20FN3O2/c20-16-4-2-1-3-15(16)14-11-18-17(21-12-14)5-6-23(18)13-19(24)22-7-9-25-10-8-22/h1-6,12,18H,7-11,13H2. The molecule has 0 bridgehead atoms. The average molecular weight is 341 g/mol. The number of fused-ring (bicyclic) bond motifs is 1. The second kappa shape index (κ2) is 6.80. The first-order chi connectivity index (χ1) is 12.2. The van der Waals surface area contributed by atoms with Crippen molar-refractivity contribution in [1.29, 1.82) is 0 Å². The minimum atomic E-state index is -0.241. The van der Waals surface area contributed by atoms with Crippen molar-refractivity contribution in [2.75, 3.05) is 32.8 Å². The summed E-state index contributed by atoms with van der Waals surface area (Å²) in [7, 11) is 0. The Morgan fingerprint density at radius 3 is 2.88 bits per heavy atom. The minimum Gasteiger partial charge on any atom is -0.378 e. The van der Waals surface area contributed by atoms with Crippen LogP contribution in [0.25, 0.3) is 5.57 Å². The average Bonchev–Trinajstić information content (AvgIpc) is 3.05. The third kappa shape index (κ3) is 3.22. The van der Waals surface area contributed by atoms with E-state index in [-0.39, 0.29) is 17.8 Å². The molecule has 0 aromatic heterocycles. The number of nitrogens with zero attached hydrogens (tertiary/aromatic N) is 3. The number of hydrogen-bond acceptors (Lipinski definition) is 4. The van der Waals surface area contributed by atoms with Crippen molar-refractivity contribution in [2.24, 2.45) is 4.99 Å². The number of ether oxygens (including phenoxy) is 1. The number of aliphatic imine (C=N–C) groups is 1. The minimum absolute atomic E-state index is 0.00963. The fourth-order valence-corrected chi connectivity index (χ4v) is 3.45. The predicted octanol–water partition coefficient (Wildman–Crippen LogP) is 2.07. The summed E-state index contributed by atoms with van der Waals surface area (Å²) in [4.78, 5) is 20.8. The molecule has 0 N–H and O–H groups in total. The van der Waals surface area contributed by atoms with Gasteiger partial charge in [-0.25, -0.2) is 4.39 Å². The van der Waals surface area contributed by atoms with Gasteiger partial charge < -0.3 is 14.5 Å². The van der Waals surface area contributed by atoms with Gasteiger partial charge in [-0.3, -0.25) is 9.79 Å². The zero-order valence-corrected chi connectivity index (χ0v) is 13.9. The van der Waals surface area contributed by atoms with Crippen molar-refractivity contribution in [2.45, 2.75) is 12.5 Å². The van der Waals surface area contributed by atoms with Crippen LogP contribution in [0.2, 0.25) is 0 Å². The third-order valence-electron chi connectivity index (χ3n) is 4.86. The van der Waals surface area contributed by atoms with Gasteiger partial charge in [0.15, 0.2) is 0 Å². The summed E-state index contributed by atoms with van der Waals surface area (Å²) in [6.07, 6.45) is 6.23. The zero-order valence-electron chi connectivity index (χ0n) is 13.9. The summed E-state index contributed by atoms with van der Waals surface area (Å²) in [5.74, 6) is -0.148. The van der Waals surface area contributed by atoms with E-state index in [1.165, 1.54) is 6.07 Å². The Morgan fingerprint density at radius 1 is 1.28 bits per heavy atom. The maximum absolute atomic E-state index is 14.1. The molecule has 0 radical (unpaired) electrons. The molecule has 5 nitrogen and oxygen atoms in total. The zero-order chi connectivity index (χ0) is 17.2. The van der Waals surface area contributed by atoms with E-state index < -0.39 is 0 Å². The van der Waals surface area contributed by atoms with Gasteiger partial charge in [-0.15, -0.1) is 0 Å². The summed E-state index contributed by atoms with van der Waals surface area (Å²) >= 11 is 0. The highest BCUT2D eigenvalue weighted by Gasteiger charge is 2.31. The van der Waals surface area contributed by atoms with E-state index in [1.54, 1.807) is 18.3 Å². The largest absolute Gasteiger partial charge is 0.378 e. The van der Waals surface area contributed by atoms with Crippen LogP contribution in [-0.2, 0) is 9.53 Å². The number of carbonyl (C=O) groups is 1. The van der Waals surface area contributed by atoms with E-state index in [2.05, 4.69) is 4.99 Å². The van der Waals surface area contributed by atoms with Crippen LogP contribution in [-0.4, -0.2) is 60.3 Å². The van der Waals surface area contributed by atoms with Gasteiger partial charge >= 0.3 is 0 Å². The van der Waals surface area contributed by atoms with Crippen molar-refractivity contribution in [1.82, 2.24) is 9.80 Å². The molecule has 0 saturated carbocycles. The van der Waals surface area contributed by atoms with E-state index >= 15 is 0 Å². The SMILES string of the molecule is O=C(CN1C=CC2=NC=C(c3ccccc3F)CC21)N1CCOCC1. The van der Waals surface area contributed by atoms with Crippen LogP contribution in [0.5, 0.6) is 0 Å². The summed E-state index contributed by atoms with van der Waals surface area (Å²) in [6, 6.07) is 6.73. The Kier molecular flexibility index (Phi) is 4.36. The van der Waals surface area contributed by atoms with Gasteiger partial charge in [0.1, 0.15) is 5.82 Å². The molecule has 1 atom stereocenters. The van der Waals surface area contributed by atoms with Gasteiger partial charge in [0, 0.05) is 37.5 Å². The predicted molar refractivity (Wildman–Crippen MR) is 93.5 cm³/mol.